The van der Waals surface area contributed by atoms with Crippen molar-refractivity contribution < 1.29 is 0 Å². The van der Waals surface area contributed by atoms with Gasteiger partial charge in [0.25, 0.3) is 0 Å². The first kappa shape index (κ1) is 22.7. The van der Waals surface area contributed by atoms with E-state index in [9.17, 15) is 4.79 Å². The lowest BCUT2D eigenvalue weighted by molar-refractivity contribution is 0.313. The molecule has 9 heteroatoms. The fraction of sp³-hybridized carbons (Fsp3) is 0.240. The molecule has 1 aliphatic rings. The summed E-state index contributed by atoms with van der Waals surface area (Å²) in [5.74, 6) is 0.420. The third-order valence-electron chi connectivity index (χ3n) is 6.13. The number of anilines is 3. The molecule has 0 aliphatic carbocycles. The molecular formula is C25H24Cl2N6O. The van der Waals surface area contributed by atoms with Gasteiger partial charge in [0.1, 0.15) is 5.65 Å². The molecule has 3 heterocycles. The summed E-state index contributed by atoms with van der Waals surface area (Å²) < 4.78 is 1.80. The lowest BCUT2D eigenvalue weighted by Gasteiger charge is -2.34. The number of nitrogens with zero attached hydrogens (tertiary/aromatic N) is 5. The molecule has 0 atom stereocenters. The number of nitrogens with one attached hydrogen (secondary N) is 1. The van der Waals surface area contributed by atoms with Crippen LogP contribution < -0.4 is 15.6 Å². The number of likely N-dealkylation sites (N-methyl/N-ethyl adjacent to an activating group) is 1. The molecule has 1 fully saturated rings. The highest BCUT2D eigenvalue weighted by Gasteiger charge is 2.16. The van der Waals surface area contributed by atoms with Gasteiger partial charge < -0.3 is 19.7 Å². The Labute approximate surface area is 207 Å². The molecule has 4 aromatic rings. The van der Waals surface area contributed by atoms with Crippen LogP contribution in [0.15, 0.2) is 59.7 Å². The zero-order valence-corrected chi connectivity index (χ0v) is 20.4. The summed E-state index contributed by atoms with van der Waals surface area (Å²) >= 11 is 12.5. The van der Waals surface area contributed by atoms with Crippen LogP contribution in [0.2, 0.25) is 10.0 Å². The number of halogens is 2. The van der Waals surface area contributed by atoms with Crippen LogP contribution in [-0.2, 0) is 7.05 Å². The van der Waals surface area contributed by atoms with E-state index in [4.69, 9.17) is 23.2 Å². The van der Waals surface area contributed by atoms with Crippen molar-refractivity contribution in [2.45, 2.75) is 0 Å². The van der Waals surface area contributed by atoms with Gasteiger partial charge in [0.05, 0.1) is 5.39 Å². The van der Waals surface area contributed by atoms with E-state index in [0.29, 0.717) is 38.2 Å². The van der Waals surface area contributed by atoms with Crippen molar-refractivity contribution in [1.82, 2.24) is 19.4 Å². The van der Waals surface area contributed by atoms with E-state index in [2.05, 4.69) is 44.3 Å². The maximum absolute atomic E-state index is 13.2. The van der Waals surface area contributed by atoms with Crippen LogP contribution in [0.5, 0.6) is 0 Å². The van der Waals surface area contributed by atoms with Gasteiger partial charge in [-0.25, -0.2) is 4.98 Å². The first-order chi connectivity index (χ1) is 16.4. The second kappa shape index (κ2) is 9.25. The first-order valence-electron chi connectivity index (χ1n) is 11.0. The standard InChI is InChI=1S/C25H24Cl2N6O/c1-31-9-11-33(12-10-31)18-6-4-17(5-7-18)29-25-28-14-20-23(34)21(15-32(2)24(20)30-25)19-13-16(26)3-8-22(19)27/h3-8,13-15H,9-12H2,1-2H3,(H,28,29,30). The van der Waals surface area contributed by atoms with Gasteiger partial charge in [-0.05, 0) is 49.5 Å². The van der Waals surface area contributed by atoms with Crippen LogP contribution >= 0.6 is 23.2 Å². The Balaban J connectivity index is 1.42. The highest BCUT2D eigenvalue weighted by atomic mass is 35.5. The largest absolute Gasteiger partial charge is 0.369 e. The molecule has 0 saturated carbocycles. The lowest BCUT2D eigenvalue weighted by atomic mass is 10.1. The predicted octanol–water partition coefficient (Wildman–Crippen LogP) is 4.80. The van der Waals surface area contributed by atoms with Gasteiger partial charge >= 0.3 is 0 Å². The monoisotopic (exact) mass is 494 g/mol. The van der Waals surface area contributed by atoms with E-state index >= 15 is 0 Å². The summed E-state index contributed by atoms with van der Waals surface area (Å²) in [4.78, 5) is 26.9. The fourth-order valence-electron chi connectivity index (χ4n) is 4.17. The average molecular weight is 495 g/mol. The quantitative estimate of drug-likeness (QED) is 0.439. The van der Waals surface area contributed by atoms with Crippen molar-refractivity contribution in [2.75, 3.05) is 43.4 Å². The molecule has 0 bridgehead atoms. The summed E-state index contributed by atoms with van der Waals surface area (Å²) in [6.45, 7) is 4.17. The van der Waals surface area contributed by atoms with Crippen molar-refractivity contribution in [3.8, 4) is 11.1 Å². The minimum Gasteiger partial charge on any atom is -0.369 e. The first-order valence-corrected chi connectivity index (χ1v) is 11.8. The molecule has 1 aliphatic heterocycles. The number of piperazine rings is 1. The van der Waals surface area contributed by atoms with Crippen LogP contribution in [0.25, 0.3) is 22.2 Å². The zero-order chi connectivity index (χ0) is 23.8. The van der Waals surface area contributed by atoms with E-state index < -0.39 is 0 Å². The summed E-state index contributed by atoms with van der Waals surface area (Å²) in [6, 6.07) is 13.3. The van der Waals surface area contributed by atoms with Gasteiger partial charge in [0.2, 0.25) is 5.95 Å². The topological polar surface area (TPSA) is 66.3 Å². The zero-order valence-electron chi connectivity index (χ0n) is 18.9. The molecule has 5 rings (SSSR count). The highest BCUT2D eigenvalue weighted by molar-refractivity contribution is 6.35. The molecule has 174 valence electrons. The molecule has 1 saturated heterocycles. The molecule has 2 aromatic carbocycles. The fourth-order valence-corrected chi connectivity index (χ4v) is 4.56. The van der Waals surface area contributed by atoms with Gasteiger partial charge in [0, 0.05) is 78.2 Å². The number of benzene rings is 2. The van der Waals surface area contributed by atoms with Crippen LogP contribution in [0.4, 0.5) is 17.3 Å². The normalized spacial score (nSPS) is 14.5. The molecule has 0 unspecified atom stereocenters. The van der Waals surface area contributed by atoms with Crippen molar-refractivity contribution in [1.29, 1.82) is 0 Å². The molecule has 0 radical (unpaired) electrons. The van der Waals surface area contributed by atoms with Crippen molar-refractivity contribution >= 4 is 51.6 Å². The van der Waals surface area contributed by atoms with Crippen molar-refractivity contribution in [3.05, 3.63) is 75.1 Å². The number of pyridine rings is 1. The van der Waals surface area contributed by atoms with Gasteiger partial charge in [0.15, 0.2) is 5.43 Å². The van der Waals surface area contributed by atoms with Crippen LogP contribution in [0.1, 0.15) is 0 Å². The maximum Gasteiger partial charge on any atom is 0.229 e. The molecule has 34 heavy (non-hydrogen) atoms. The van der Waals surface area contributed by atoms with Gasteiger partial charge in [-0.3, -0.25) is 4.79 Å². The van der Waals surface area contributed by atoms with Gasteiger partial charge in [-0.2, -0.15) is 4.98 Å². The summed E-state index contributed by atoms with van der Waals surface area (Å²) in [5, 5.41) is 4.62. The Morgan fingerprint density at radius 1 is 0.941 bits per heavy atom. The maximum atomic E-state index is 13.2. The summed E-state index contributed by atoms with van der Waals surface area (Å²) in [7, 11) is 3.99. The molecule has 0 spiro atoms. The number of hydrogen-bond donors (Lipinski definition) is 1. The van der Waals surface area contributed by atoms with Crippen molar-refractivity contribution in [2.24, 2.45) is 7.05 Å². The van der Waals surface area contributed by atoms with Gasteiger partial charge in [-0.1, -0.05) is 23.2 Å². The lowest BCUT2D eigenvalue weighted by Crippen LogP contribution is -2.44. The van der Waals surface area contributed by atoms with E-state index in [1.807, 2.05) is 19.2 Å². The molecular weight excluding hydrogens is 471 g/mol. The number of hydrogen-bond acceptors (Lipinski definition) is 6. The Hall–Kier alpha value is -3.13. The average Bonchev–Trinajstić information content (AvgIpc) is 2.84. The summed E-state index contributed by atoms with van der Waals surface area (Å²) in [5.41, 5.74) is 3.45. The van der Waals surface area contributed by atoms with E-state index in [0.717, 1.165) is 31.9 Å². The number of aryl methyl sites for hydroxylation is 1. The molecule has 0 amide bonds. The minimum absolute atomic E-state index is 0.194. The molecule has 7 nitrogen and oxygen atoms in total. The Kier molecular flexibility index (Phi) is 6.16. The summed E-state index contributed by atoms with van der Waals surface area (Å²) in [6.07, 6.45) is 3.28. The SMILES string of the molecule is CN1CCN(c2ccc(Nc3ncc4c(=O)c(-c5cc(Cl)ccc5Cl)cn(C)c4n3)cc2)CC1. The Morgan fingerprint density at radius 2 is 1.68 bits per heavy atom. The third-order valence-corrected chi connectivity index (χ3v) is 6.69. The van der Waals surface area contributed by atoms with Crippen molar-refractivity contribution in [3.63, 3.8) is 0 Å². The van der Waals surface area contributed by atoms with Crippen LogP contribution in [-0.4, -0.2) is 52.7 Å². The van der Waals surface area contributed by atoms with Crippen LogP contribution in [0, 0.1) is 0 Å². The second-order valence-corrected chi connectivity index (χ2v) is 9.34. The molecule has 1 N–H and O–H groups in total. The minimum atomic E-state index is -0.194. The third kappa shape index (κ3) is 4.46. The smallest absolute Gasteiger partial charge is 0.229 e. The second-order valence-electron chi connectivity index (χ2n) is 8.50. The number of rotatable bonds is 4. The predicted molar refractivity (Wildman–Crippen MR) is 140 cm³/mol. The van der Waals surface area contributed by atoms with Crippen LogP contribution in [0.3, 0.4) is 0 Å². The molecule has 2 aromatic heterocycles. The van der Waals surface area contributed by atoms with E-state index in [-0.39, 0.29) is 5.43 Å². The number of fused-ring (bicyclic) bond motifs is 1. The van der Waals surface area contributed by atoms with E-state index in [1.165, 1.54) is 5.69 Å². The number of aromatic nitrogens is 3. The Bertz CT molecular complexity index is 1410. The van der Waals surface area contributed by atoms with Gasteiger partial charge in [-0.15, -0.1) is 0 Å². The Morgan fingerprint density at radius 3 is 2.41 bits per heavy atom. The highest BCUT2D eigenvalue weighted by Crippen LogP contribution is 2.29. The van der Waals surface area contributed by atoms with E-state index in [1.54, 1.807) is 35.2 Å².